The smallest absolute Gasteiger partial charge is 0.225 e. The summed E-state index contributed by atoms with van der Waals surface area (Å²) in [6.07, 6.45) is 2.41. The fraction of sp³-hybridized carbons (Fsp3) is 0.818. The van der Waals surface area contributed by atoms with Gasteiger partial charge in [0.2, 0.25) is 11.8 Å². The van der Waals surface area contributed by atoms with E-state index in [0.717, 1.165) is 12.8 Å². The average molecular weight is 212 g/mol. The minimum atomic E-state index is 0.0499. The Hall–Kier alpha value is -1.06. The predicted molar refractivity (Wildman–Crippen MR) is 58.2 cm³/mol. The summed E-state index contributed by atoms with van der Waals surface area (Å²) in [7, 11) is 7.07. The lowest BCUT2D eigenvalue weighted by Crippen LogP contribution is -2.31. The van der Waals surface area contributed by atoms with Gasteiger partial charge >= 0.3 is 0 Å². The van der Waals surface area contributed by atoms with Gasteiger partial charge in [-0.25, -0.2) is 0 Å². The zero-order chi connectivity index (χ0) is 11.6. The molecule has 0 heterocycles. The summed E-state index contributed by atoms with van der Waals surface area (Å²) in [5, 5.41) is 0. The molecule has 0 spiro atoms. The first-order valence-corrected chi connectivity index (χ1v) is 5.35. The van der Waals surface area contributed by atoms with Crippen LogP contribution in [0.3, 0.4) is 0 Å². The van der Waals surface area contributed by atoms with Crippen LogP contribution < -0.4 is 0 Å². The van der Waals surface area contributed by atoms with Gasteiger partial charge in [-0.2, -0.15) is 0 Å². The SMILES string of the molecule is CN(C)C(=O)C1CCC(C(=O)N(C)C)C1. The van der Waals surface area contributed by atoms with Gasteiger partial charge in [-0.3, -0.25) is 9.59 Å². The Bertz CT molecular complexity index is 235. The molecule has 0 radical (unpaired) electrons. The third-order valence-electron chi connectivity index (χ3n) is 3.01. The fourth-order valence-electron chi connectivity index (χ4n) is 2.16. The van der Waals surface area contributed by atoms with E-state index in [0.29, 0.717) is 6.42 Å². The maximum absolute atomic E-state index is 11.7. The summed E-state index contributed by atoms with van der Waals surface area (Å²) < 4.78 is 0. The molecule has 2 amide bonds. The second-order valence-corrected chi connectivity index (χ2v) is 4.67. The van der Waals surface area contributed by atoms with E-state index < -0.39 is 0 Å². The third kappa shape index (κ3) is 2.70. The summed E-state index contributed by atoms with van der Waals surface area (Å²) in [5.41, 5.74) is 0. The van der Waals surface area contributed by atoms with Crippen LogP contribution in [0.5, 0.6) is 0 Å². The van der Waals surface area contributed by atoms with Crippen LogP contribution in [0.1, 0.15) is 19.3 Å². The molecule has 2 unspecified atom stereocenters. The van der Waals surface area contributed by atoms with Crippen molar-refractivity contribution >= 4 is 11.8 Å². The lowest BCUT2D eigenvalue weighted by molar-refractivity contribution is -0.134. The van der Waals surface area contributed by atoms with Gasteiger partial charge in [0.25, 0.3) is 0 Å². The molecule has 1 fully saturated rings. The van der Waals surface area contributed by atoms with Crippen molar-refractivity contribution in [3.63, 3.8) is 0 Å². The highest BCUT2D eigenvalue weighted by molar-refractivity contribution is 5.82. The maximum Gasteiger partial charge on any atom is 0.225 e. The topological polar surface area (TPSA) is 40.6 Å². The Labute approximate surface area is 91.2 Å². The van der Waals surface area contributed by atoms with E-state index in [4.69, 9.17) is 0 Å². The van der Waals surface area contributed by atoms with Crippen LogP contribution in [0, 0.1) is 11.8 Å². The van der Waals surface area contributed by atoms with Crippen molar-refractivity contribution in [2.75, 3.05) is 28.2 Å². The van der Waals surface area contributed by atoms with E-state index >= 15 is 0 Å². The minimum Gasteiger partial charge on any atom is -0.349 e. The highest BCUT2D eigenvalue weighted by Gasteiger charge is 2.34. The van der Waals surface area contributed by atoms with Gasteiger partial charge < -0.3 is 9.80 Å². The van der Waals surface area contributed by atoms with Crippen molar-refractivity contribution in [3.8, 4) is 0 Å². The molecule has 0 aromatic heterocycles. The van der Waals surface area contributed by atoms with E-state index in [1.807, 2.05) is 0 Å². The predicted octanol–water partition coefficient (Wildman–Crippen LogP) is 0.579. The fourth-order valence-corrected chi connectivity index (χ4v) is 2.16. The van der Waals surface area contributed by atoms with Gasteiger partial charge in [0, 0.05) is 40.0 Å². The van der Waals surface area contributed by atoms with Gasteiger partial charge in [-0.1, -0.05) is 0 Å². The molecular formula is C11H20N2O2. The molecule has 4 heteroatoms. The van der Waals surface area contributed by atoms with E-state index in [1.165, 1.54) is 0 Å². The molecule has 86 valence electrons. The monoisotopic (exact) mass is 212 g/mol. The molecule has 2 atom stereocenters. The summed E-state index contributed by atoms with van der Waals surface area (Å²) in [4.78, 5) is 26.6. The normalized spacial score (nSPS) is 25.1. The Morgan fingerprint density at radius 3 is 1.47 bits per heavy atom. The molecule has 1 saturated carbocycles. The summed E-state index contributed by atoms with van der Waals surface area (Å²) >= 11 is 0. The van der Waals surface area contributed by atoms with Crippen LogP contribution in [0.4, 0.5) is 0 Å². The van der Waals surface area contributed by atoms with Crippen molar-refractivity contribution in [1.82, 2.24) is 9.80 Å². The number of carbonyl (C=O) groups excluding carboxylic acids is 2. The molecule has 1 rings (SSSR count). The largest absolute Gasteiger partial charge is 0.349 e. The van der Waals surface area contributed by atoms with Crippen LogP contribution in [0.2, 0.25) is 0 Å². The molecule has 0 bridgehead atoms. The first-order chi connectivity index (χ1) is 6.93. The van der Waals surface area contributed by atoms with Gasteiger partial charge in [-0.15, -0.1) is 0 Å². The molecule has 1 aliphatic carbocycles. The van der Waals surface area contributed by atoms with Crippen molar-refractivity contribution in [2.45, 2.75) is 19.3 Å². The molecule has 0 N–H and O–H groups in total. The van der Waals surface area contributed by atoms with Crippen LogP contribution in [-0.2, 0) is 9.59 Å². The zero-order valence-electron chi connectivity index (χ0n) is 9.99. The zero-order valence-corrected chi connectivity index (χ0v) is 9.99. The molecule has 1 aliphatic rings. The first kappa shape index (κ1) is 12.0. The van der Waals surface area contributed by atoms with Crippen LogP contribution in [0.25, 0.3) is 0 Å². The van der Waals surface area contributed by atoms with E-state index in [9.17, 15) is 9.59 Å². The molecular weight excluding hydrogens is 192 g/mol. The van der Waals surface area contributed by atoms with Gasteiger partial charge in [0.15, 0.2) is 0 Å². The molecule has 4 nitrogen and oxygen atoms in total. The standard InChI is InChI=1S/C11H20N2O2/c1-12(2)10(14)8-5-6-9(7-8)11(15)13(3)4/h8-9H,5-7H2,1-4H3. The second-order valence-electron chi connectivity index (χ2n) is 4.67. The highest BCUT2D eigenvalue weighted by atomic mass is 16.2. The number of carbonyl (C=O) groups is 2. The lowest BCUT2D eigenvalue weighted by Gasteiger charge is -2.17. The van der Waals surface area contributed by atoms with Crippen LogP contribution in [-0.4, -0.2) is 49.8 Å². The molecule has 0 aliphatic heterocycles. The summed E-state index contributed by atoms with van der Waals surface area (Å²) in [6.45, 7) is 0. The summed E-state index contributed by atoms with van der Waals surface area (Å²) in [5.74, 6) is 0.413. The first-order valence-electron chi connectivity index (χ1n) is 5.35. The lowest BCUT2D eigenvalue weighted by atomic mass is 10.0. The second kappa shape index (κ2) is 4.64. The van der Waals surface area contributed by atoms with E-state index in [2.05, 4.69) is 0 Å². The maximum atomic E-state index is 11.7. The van der Waals surface area contributed by atoms with Crippen LogP contribution >= 0.6 is 0 Å². The quantitative estimate of drug-likeness (QED) is 0.672. The molecule has 0 aromatic carbocycles. The van der Waals surface area contributed by atoms with E-state index in [1.54, 1.807) is 38.0 Å². The van der Waals surface area contributed by atoms with Crippen molar-refractivity contribution in [3.05, 3.63) is 0 Å². The number of amides is 2. The van der Waals surface area contributed by atoms with Crippen molar-refractivity contribution < 1.29 is 9.59 Å². The van der Waals surface area contributed by atoms with Crippen molar-refractivity contribution in [2.24, 2.45) is 11.8 Å². The number of nitrogens with zero attached hydrogens (tertiary/aromatic N) is 2. The number of rotatable bonds is 2. The molecule has 0 saturated heterocycles. The van der Waals surface area contributed by atoms with Gasteiger partial charge in [0.05, 0.1) is 0 Å². The Morgan fingerprint density at radius 1 is 0.867 bits per heavy atom. The Balaban J connectivity index is 2.53. The summed E-state index contributed by atoms with van der Waals surface area (Å²) in [6, 6.07) is 0. The molecule has 0 aromatic rings. The number of hydrogen-bond donors (Lipinski definition) is 0. The van der Waals surface area contributed by atoms with Crippen molar-refractivity contribution in [1.29, 1.82) is 0 Å². The minimum absolute atomic E-state index is 0.0499. The Morgan fingerprint density at radius 2 is 1.20 bits per heavy atom. The van der Waals surface area contributed by atoms with Crippen LogP contribution in [0.15, 0.2) is 0 Å². The van der Waals surface area contributed by atoms with Gasteiger partial charge in [0.1, 0.15) is 0 Å². The van der Waals surface area contributed by atoms with E-state index in [-0.39, 0.29) is 23.7 Å². The van der Waals surface area contributed by atoms with Gasteiger partial charge in [-0.05, 0) is 19.3 Å². The highest BCUT2D eigenvalue weighted by Crippen LogP contribution is 2.32. The third-order valence-corrected chi connectivity index (χ3v) is 3.01. The Kier molecular flexibility index (Phi) is 3.72. The number of hydrogen-bond acceptors (Lipinski definition) is 2. The average Bonchev–Trinajstić information content (AvgIpc) is 2.63. The molecule has 15 heavy (non-hydrogen) atoms.